The van der Waals surface area contributed by atoms with Crippen molar-refractivity contribution in [2.24, 2.45) is 0 Å². The average Bonchev–Trinajstić information content (AvgIpc) is 3.11. The number of ether oxygens (including phenoxy) is 1. The zero-order chi connectivity index (χ0) is 33.7. The number of aromatic nitrogens is 2. The maximum Gasteiger partial charge on any atom is 0.416 e. The molecule has 0 aliphatic carbocycles. The molecule has 2 aliphatic rings. The van der Waals surface area contributed by atoms with E-state index >= 15 is 0 Å². The van der Waals surface area contributed by atoms with E-state index in [4.69, 9.17) is 21.3 Å². The first-order chi connectivity index (χ1) is 23.2. The Morgan fingerprint density at radius 2 is 1.52 bits per heavy atom. The molecule has 0 saturated carbocycles. The highest BCUT2D eigenvalue weighted by Gasteiger charge is 2.31. The second-order valence-corrected chi connectivity index (χ2v) is 12.8. The standard InChI is InChI=1S/C35H36ClF3N6O2S/c1-2-47-30-9-4-3-8-29(30)43-16-20-45(21-17-43)33(46)26-12-10-25(11-13-26)24-48-34-40-31(36)23-32(41-34)44-18-14-42(15-19-44)28-7-5-6-27(22-28)35(37,38)39/h3-13,22-23H,2,14-21,24H2,1H3. The van der Waals surface area contributed by atoms with Crippen LogP contribution >= 0.6 is 23.4 Å². The van der Waals surface area contributed by atoms with Crippen LogP contribution in [0.2, 0.25) is 5.15 Å². The largest absolute Gasteiger partial charge is 0.492 e. The number of amides is 1. The van der Waals surface area contributed by atoms with Crippen molar-refractivity contribution in [3.8, 4) is 5.75 Å². The van der Waals surface area contributed by atoms with Gasteiger partial charge in [0.1, 0.15) is 16.7 Å². The molecule has 2 aliphatic heterocycles. The Labute approximate surface area is 287 Å². The molecule has 48 heavy (non-hydrogen) atoms. The van der Waals surface area contributed by atoms with Crippen LogP contribution < -0.4 is 19.4 Å². The van der Waals surface area contributed by atoms with Crippen LogP contribution in [-0.4, -0.2) is 79.7 Å². The van der Waals surface area contributed by atoms with Gasteiger partial charge in [0.25, 0.3) is 5.91 Å². The van der Waals surface area contributed by atoms with E-state index in [1.165, 1.54) is 23.9 Å². The van der Waals surface area contributed by atoms with Gasteiger partial charge in [0.2, 0.25) is 0 Å². The first-order valence-corrected chi connectivity index (χ1v) is 17.2. The van der Waals surface area contributed by atoms with E-state index in [9.17, 15) is 18.0 Å². The highest BCUT2D eigenvalue weighted by Crippen LogP contribution is 2.33. The molecule has 2 saturated heterocycles. The fourth-order valence-corrected chi connectivity index (χ4v) is 6.94. The van der Waals surface area contributed by atoms with Crippen molar-refractivity contribution in [3.05, 3.63) is 101 Å². The Bertz CT molecular complexity index is 1710. The molecular formula is C35H36ClF3N6O2S. The van der Waals surface area contributed by atoms with Crippen molar-refractivity contribution in [2.45, 2.75) is 24.0 Å². The van der Waals surface area contributed by atoms with Gasteiger partial charge in [-0.1, -0.05) is 53.7 Å². The molecule has 8 nitrogen and oxygen atoms in total. The lowest BCUT2D eigenvalue weighted by atomic mass is 10.1. The number of carbonyl (C=O) groups is 1. The quantitative estimate of drug-likeness (QED) is 0.104. The minimum absolute atomic E-state index is 0.0166. The molecule has 3 aromatic carbocycles. The van der Waals surface area contributed by atoms with E-state index in [2.05, 4.69) is 20.9 Å². The van der Waals surface area contributed by atoms with E-state index in [1.54, 1.807) is 12.1 Å². The lowest BCUT2D eigenvalue weighted by Gasteiger charge is -2.37. The van der Waals surface area contributed by atoms with E-state index in [1.807, 2.05) is 59.2 Å². The van der Waals surface area contributed by atoms with Crippen molar-refractivity contribution in [2.75, 3.05) is 73.7 Å². The van der Waals surface area contributed by atoms with Gasteiger partial charge in [-0.05, 0) is 55.0 Å². The van der Waals surface area contributed by atoms with Gasteiger partial charge in [0.15, 0.2) is 5.16 Å². The van der Waals surface area contributed by atoms with Crippen molar-refractivity contribution < 1.29 is 22.7 Å². The van der Waals surface area contributed by atoms with Crippen molar-refractivity contribution in [1.82, 2.24) is 14.9 Å². The number of alkyl halides is 3. The normalized spacial score (nSPS) is 15.5. The number of nitrogens with zero attached hydrogens (tertiary/aromatic N) is 6. The molecule has 252 valence electrons. The lowest BCUT2D eigenvalue weighted by Crippen LogP contribution is -2.48. The van der Waals surface area contributed by atoms with Gasteiger partial charge in [0, 0.05) is 75.4 Å². The summed E-state index contributed by atoms with van der Waals surface area (Å²) in [4.78, 5) is 30.6. The Balaban J connectivity index is 1.01. The molecular weight excluding hydrogens is 661 g/mol. The van der Waals surface area contributed by atoms with Gasteiger partial charge >= 0.3 is 6.18 Å². The predicted molar refractivity (Wildman–Crippen MR) is 185 cm³/mol. The number of piperazine rings is 2. The van der Waals surface area contributed by atoms with Crippen LogP contribution in [-0.2, 0) is 11.9 Å². The zero-order valence-electron chi connectivity index (χ0n) is 26.5. The minimum atomic E-state index is -4.38. The SMILES string of the molecule is CCOc1ccccc1N1CCN(C(=O)c2ccc(CSc3nc(Cl)cc(N4CCN(c5cccc(C(F)(F)F)c5)CC4)n3)cc2)CC1. The van der Waals surface area contributed by atoms with E-state index in [0.29, 0.717) is 79.0 Å². The van der Waals surface area contributed by atoms with E-state index in [-0.39, 0.29) is 5.91 Å². The van der Waals surface area contributed by atoms with Gasteiger partial charge in [-0.15, -0.1) is 0 Å². The highest BCUT2D eigenvalue weighted by molar-refractivity contribution is 7.98. The van der Waals surface area contributed by atoms with Gasteiger partial charge in [-0.3, -0.25) is 4.79 Å². The molecule has 2 fully saturated rings. The first-order valence-electron chi connectivity index (χ1n) is 15.9. The van der Waals surface area contributed by atoms with Gasteiger partial charge in [0.05, 0.1) is 17.9 Å². The van der Waals surface area contributed by atoms with Crippen LogP contribution in [0.1, 0.15) is 28.4 Å². The van der Waals surface area contributed by atoms with Crippen molar-refractivity contribution >= 4 is 46.5 Å². The van der Waals surface area contributed by atoms with Crippen LogP contribution in [0.3, 0.4) is 0 Å². The topological polar surface area (TPSA) is 65.0 Å². The Kier molecular flexibility index (Phi) is 10.5. The smallest absolute Gasteiger partial charge is 0.416 e. The fourth-order valence-electron chi connectivity index (χ4n) is 5.91. The molecule has 6 rings (SSSR count). The fraction of sp³-hybridized carbons (Fsp3) is 0.343. The predicted octanol–water partition coefficient (Wildman–Crippen LogP) is 7.13. The summed E-state index contributed by atoms with van der Waals surface area (Å²) < 4.78 is 45.4. The third-order valence-electron chi connectivity index (χ3n) is 8.44. The molecule has 0 N–H and O–H groups in total. The second-order valence-electron chi connectivity index (χ2n) is 11.5. The number of benzene rings is 3. The minimum Gasteiger partial charge on any atom is -0.492 e. The number of anilines is 3. The van der Waals surface area contributed by atoms with Crippen molar-refractivity contribution in [3.63, 3.8) is 0 Å². The number of rotatable bonds is 9. The molecule has 13 heteroatoms. The zero-order valence-corrected chi connectivity index (χ0v) is 28.1. The lowest BCUT2D eigenvalue weighted by molar-refractivity contribution is -0.137. The number of hydrogen-bond acceptors (Lipinski definition) is 8. The second kappa shape index (κ2) is 14.9. The van der Waals surface area contributed by atoms with E-state index < -0.39 is 11.7 Å². The monoisotopic (exact) mass is 696 g/mol. The number of hydrogen-bond donors (Lipinski definition) is 0. The molecule has 3 heterocycles. The Morgan fingerprint density at radius 3 is 2.23 bits per heavy atom. The van der Waals surface area contributed by atoms with Gasteiger partial charge < -0.3 is 24.3 Å². The van der Waals surface area contributed by atoms with Gasteiger partial charge in [-0.25, -0.2) is 9.97 Å². The van der Waals surface area contributed by atoms with Crippen molar-refractivity contribution in [1.29, 1.82) is 0 Å². The van der Waals surface area contributed by atoms with Gasteiger partial charge in [-0.2, -0.15) is 13.2 Å². The molecule has 0 bridgehead atoms. The molecule has 1 aromatic heterocycles. The molecule has 4 aromatic rings. The summed E-state index contributed by atoms with van der Waals surface area (Å²) in [6, 6.07) is 22.8. The molecule has 0 radical (unpaired) electrons. The summed E-state index contributed by atoms with van der Waals surface area (Å²) in [5, 5.41) is 0.854. The van der Waals surface area contributed by atoms with Crippen LogP contribution in [0.5, 0.6) is 5.75 Å². The van der Waals surface area contributed by atoms with Crippen LogP contribution in [0.25, 0.3) is 0 Å². The van der Waals surface area contributed by atoms with Crippen LogP contribution in [0.15, 0.2) is 84.0 Å². The van der Waals surface area contributed by atoms with Crippen LogP contribution in [0.4, 0.5) is 30.4 Å². The maximum absolute atomic E-state index is 13.3. The Hall–Kier alpha value is -4.16. The number of para-hydroxylation sites is 2. The summed E-state index contributed by atoms with van der Waals surface area (Å²) >= 11 is 7.82. The molecule has 0 unspecified atom stereocenters. The summed E-state index contributed by atoms with van der Waals surface area (Å²) in [5.41, 5.74) is 2.63. The van der Waals surface area contributed by atoms with Crippen LogP contribution in [0, 0.1) is 0 Å². The summed E-state index contributed by atoms with van der Waals surface area (Å²) in [5.74, 6) is 2.16. The number of thioether (sulfide) groups is 1. The number of carbonyl (C=O) groups excluding carboxylic acids is 1. The average molecular weight is 697 g/mol. The molecule has 1 amide bonds. The third-order valence-corrected chi connectivity index (χ3v) is 9.56. The number of halogens is 4. The molecule has 0 spiro atoms. The molecule has 0 atom stereocenters. The maximum atomic E-state index is 13.3. The summed E-state index contributed by atoms with van der Waals surface area (Å²) in [6.07, 6.45) is -4.38. The first kappa shape index (κ1) is 33.7. The Morgan fingerprint density at radius 1 is 0.833 bits per heavy atom. The summed E-state index contributed by atoms with van der Waals surface area (Å²) in [7, 11) is 0. The third kappa shape index (κ3) is 8.10. The summed E-state index contributed by atoms with van der Waals surface area (Å²) in [6.45, 7) is 7.57. The highest BCUT2D eigenvalue weighted by atomic mass is 35.5. The van der Waals surface area contributed by atoms with E-state index in [0.717, 1.165) is 36.2 Å².